The number of aliphatic carboxylic acids is 2. The maximum absolute atomic E-state index is 10.7. The maximum Gasteiger partial charge on any atom is 0.330 e. The summed E-state index contributed by atoms with van der Waals surface area (Å²) in [6, 6.07) is 0. The molecule has 0 bridgehead atoms. The molecule has 1 unspecified atom stereocenters. The van der Waals surface area contributed by atoms with Crippen molar-refractivity contribution in [3.63, 3.8) is 0 Å². The highest BCUT2D eigenvalue weighted by molar-refractivity contribution is 6.00. The summed E-state index contributed by atoms with van der Waals surface area (Å²) in [5.74, 6) is -4.52. The van der Waals surface area contributed by atoms with Crippen LogP contribution in [0, 0.1) is 5.92 Å². The molecule has 0 spiro atoms. The molecule has 72 valence electrons. The molecule has 13 heavy (non-hydrogen) atoms. The summed E-state index contributed by atoms with van der Waals surface area (Å²) >= 11 is 0. The largest absolute Gasteiger partial charge is 0.480 e. The molecule has 0 aromatic rings. The number of carbonyl (C=O) groups is 3. The summed E-state index contributed by atoms with van der Waals surface area (Å²) in [7, 11) is 0. The fourth-order valence-corrected chi connectivity index (χ4v) is 0.684. The number of carboxylic acid groups (broad SMARTS) is 2. The third kappa shape index (κ3) is 3.50. The number of Topliss-reactive ketones (excluding diaryl/α,β-unsaturated/α-hetero) is 1. The van der Waals surface area contributed by atoms with Crippen LogP contribution in [-0.4, -0.2) is 27.9 Å². The summed E-state index contributed by atoms with van der Waals surface area (Å²) in [6.07, 6.45) is 0.924. The molecule has 0 aromatic carbocycles. The molecule has 0 heterocycles. The van der Waals surface area contributed by atoms with Crippen LogP contribution in [0.15, 0.2) is 11.6 Å². The lowest BCUT2D eigenvalue weighted by molar-refractivity contribution is -0.143. The van der Waals surface area contributed by atoms with E-state index >= 15 is 0 Å². The fraction of sp³-hybridized carbons (Fsp3) is 0.375. The highest BCUT2D eigenvalue weighted by atomic mass is 16.4. The molecule has 0 aliphatic rings. The minimum absolute atomic E-state index is 0.150. The van der Waals surface area contributed by atoms with E-state index in [1.165, 1.54) is 6.92 Å². The first-order valence-corrected chi connectivity index (χ1v) is 3.51. The molecule has 0 amide bonds. The standard InChI is InChI=1S/C8H10O5/c1-4(7(10)11)3-6(5(2)9)8(12)13/h3,6H,1-2H3,(H,10,11)(H,12,13). The van der Waals surface area contributed by atoms with Crippen LogP contribution in [0.3, 0.4) is 0 Å². The van der Waals surface area contributed by atoms with Gasteiger partial charge in [-0.2, -0.15) is 0 Å². The fourth-order valence-electron chi connectivity index (χ4n) is 0.684. The minimum Gasteiger partial charge on any atom is -0.480 e. The topological polar surface area (TPSA) is 91.7 Å². The second-order valence-corrected chi connectivity index (χ2v) is 2.58. The molecule has 2 N–H and O–H groups in total. The maximum atomic E-state index is 10.7. The summed E-state index contributed by atoms with van der Waals surface area (Å²) in [4.78, 5) is 31.5. The Morgan fingerprint density at radius 1 is 1.15 bits per heavy atom. The van der Waals surface area contributed by atoms with Crippen molar-refractivity contribution in [3.05, 3.63) is 11.6 Å². The average molecular weight is 186 g/mol. The first kappa shape index (κ1) is 11.4. The van der Waals surface area contributed by atoms with Crippen LogP contribution < -0.4 is 0 Å². The van der Waals surface area contributed by atoms with Gasteiger partial charge in [0.25, 0.3) is 0 Å². The Bertz CT molecular complexity index is 262. The van der Waals surface area contributed by atoms with Crippen molar-refractivity contribution in [1.29, 1.82) is 0 Å². The molecule has 0 saturated heterocycles. The average Bonchev–Trinajstić information content (AvgIpc) is 1.97. The van der Waals surface area contributed by atoms with Gasteiger partial charge < -0.3 is 10.2 Å². The molecule has 0 fully saturated rings. The SMILES string of the molecule is CC(=O)C(C=C(C)C(=O)O)C(=O)O. The van der Waals surface area contributed by atoms with Crippen LogP contribution in [0.4, 0.5) is 0 Å². The molecular formula is C8H10O5. The third-order valence-electron chi connectivity index (χ3n) is 1.46. The minimum atomic E-state index is -1.36. The van der Waals surface area contributed by atoms with Crippen molar-refractivity contribution < 1.29 is 24.6 Å². The Labute approximate surface area is 74.7 Å². The monoisotopic (exact) mass is 186 g/mol. The number of ketones is 1. The Morgan fingerprint density at radius 2 is 1.62 bits per heavy atom. The van der Waals surface area contributed by atoms with E-state index in [0.717, 1.165) is 13.0 Å². The molecule has 0 radical (unpaired) electrons. The van der Waals surface area contributed by atoms with Gasteiger partial charge in [-0.15, -0.1) is 0 Å². The van der Waals surface area contributed by atoms with Gasteiger partial charge in [-0.05, 0) is 13.8 Å². The van der Waals surface area contributed by atoms with Gasteiger partial charge >= 0.3 is 11.9 Å². The molecule has 0 rings (SSSR count). The smallest absolute Gasteiger partial charge is 0.330 e. The quantitative estimate of drug-likeness (QED) is 0.486. The van der Waals surface area contributed by atoms with E-state index in [9.17, 15) is 14.4 Å². The number of carbonyl (C=O) groups excluding carboxylic acids is 1. The number of hydrogen-bond donors (Lipinski definition) is 2. The van der Waals surface area contributed by atoms with Gasteiger partial charge in [0, 0.05) is 5.57 Å². The van der Waals surface area contributed by atoms with Crippen molar-refractivity contribution in [2.45, 2.75) is 13.8 Å². The van der Waals surface area contributed by atoms with E-state index in [-0.39, 0.29) is 5.57 Å². The van der Waals surface area contributed by atoms with Crippen LogP contribution in [0.25, 0.3) is 0 Å². The molecule has 0 aliphatic carbocycles. The van der Waals surface area contributed by atoms with Crippen molar-refractivity contribution in [2.24, 2.45) is 5.92 Å². The van der Waals surface area contributed by atoms with Gasteiger partial charge in [0.2, 0.25) is 0 Å². The number of rotatable bonds is 4. The Morgan fingerprint density at radius 3 is 1.85 bits per heavy atom. The Kier molecular flexibility index (Phi) is 3.84. The zero-order valence-electron chi connectivity index (χ0n) is 7.27. The molecule has 0 aliphatic heterocycles. The van der Waals surface area contributed by atoms with E-state index in [0.29, 0.717) is 0 Å². The summed E-state index contributed by atoms with van der Waals surface area (Å²) in [5.41, 5.74) is -0.150. The molecule has 0 aromatic heterocycles. The van der Waals surface area contributed by atoms with E-state index < -0.39 is 23.6 Å². The van der Waals surface area contributed by atoms with Crippen molar-refractivity contribution in [1.82, 2.24) is 0 Å². The lowest BCUT2D eigenvalue weighted by Crippen LogP contribution is -2.20. The first-order valence-electron chi connectivity index (χ1n) is 3.51. The van der Waals surface area contributed by atoms with E-state index in [1.54, 1.807) is 0 Å². The lowest BCUT2D eigenvalue weighted by Gasteiger charge is -2.02. The third-order valence-corrected chi connectivity index (χ3v) is 1.46. The normalized spacial score (nSPS) is 13.5. The van der Waals surface area contributed by atoms with Gasteiger partial charge in [-0.1, -0.05) is 6.08 Å². The molecular weight excluding hydrogens is 176 g/mol. The Hall–Kier alpha value is -1.65. The van der Waals surface area contributed by atoms with Crippen LogP contribution in [0.1, 0.15) is 13.8 Å². The second-order valence-electron chi connectivity index (χ2n) is 2.58. The number of hydrogen-bond acceptors (Lipinski definition) is 3. The van der Waals surface area contributed by atoms with E-state index in [2.05, 4.69) is 0 Å². The predicted octanol–water partition coefficient (Wildman–Crippen LogP) is 0.307. The summed E-state index contributed by atoms with van der Waals surface area (Å²) in [6.45, 7) is 2.34. The second kappa shape index (κ2) is 4.39. The zero-order valence-corrected chi connectivity index (χ0v) is 7.27. The van der Waals surface area contributed by atoms with Gasteiger partial charge in [-0.25, -0.2) is 4.79 Å². The van der Waals surface area contributed by atoms with Crippen molar-refractivity contribution in [3.8, 4) is 0 Å². The van der Waals surface area contributed by atoms with Gasteiger partial charge in [0.05, 0.1) is 0 Å². The van der Waals surface area contributed by atoms with Crippen molar-refractivity contribution >= 4 is 17.7 Å². The highest BCUT2D eigenvalue weighted by Gasteiger charge is 2.20. The predicted molar refractivity (Wildman–Crippen MR) is 43.2 cm³/mol. The first-order chi connectivity index (χ1) is 5.86. The summed E-state index contributed by atoms with van der Waals surface area (Å²) in [5, 5.41) is 16.9. The van der Waals surface area contributed by atoms with Crippen LogP contribution in [0.2, 0.25) is 0 Å². The van der Waals surface area contributed by atoms with Crippen LogP contribution >= 0.6 is 0 Å². The highest BCUT2D eigenvalue weighted by Crippen LogP contribution is 2.05. The molecule has 5 nitrogen and oxygen atoms in total. The number of carboxylic acids is 2. The molecule has 1 atom stereocenters. The molecule has 5 heteroatoms. The van der Waals surface area contributed by atoms with Crippen LogP contribution in [-0.2, 0) is 14.4 Å². The molecule has 0 saturated carbocycles. The van der Waals surface area contributed by atoms with E-state index in [1.807, 2.05) is 0 Å². The zero-order chi connectivity index (χ0) is 10.6. The van der Waals surface area contributed by atoms with E-state index in [4.69, 9.17) is 10.2 Å². The summed E-state index contributed by atoms with van der Waals surface area (Å²) < 4.78 is 0. The Balaban J connectivity index is 4.80. The van der Waals surface area contributed by atoms with Crippen molar-refractivity contribution in [2.75, 3.05) is 0 Å². The van der Waals surface area contributed by atoms with Crippen LogP contribution in [0.5, 0.6) is 0 Å². The van der Waals surface area contributed by atoms with Gasteiger partial charge in [0.15, 0.2) is 0 Å². The van der Waals surface area contributed by atoms with Gasteiger partial charge in [-0.3, -0.25) is 9.59 Å². The lowest BCUT2D eigenvalue weighted by atomic mass is 10.0. The van der Waals surface area contributed by atoms with Gasteiger partial charge in [0.1, 0.15) is 11.7 Å².